The van der Waals surface area contributed by atoms with Crippen LogP contribution in [-0.2, 0) is 11.3 Å². The molecule has 2 aromatic rings. The molecule has 7 heteroatoms. The van der Waals surface area contributed by atoms with Crippen molar-refractivity contribution in [2.75, 3.05) is 7.11 Å². The second kappa shape index (κ2) is 4.18. The minimum Gasteiger partial charge on any atom is -0.377 e. The van der Waals surface area contributed by atoms with Gasteiger partial charge in [-0.1, -0.05) is 15.9 Å². The quantitative estimate of drug-likeness (QED) is 0.693. The summed E-state index contributed by atoms with van der Waals surface area (Å²) in [6, 6.07) is 3.17. The molecule has 0 amide bonds. The first kappa shape index (κ1) is 11.0. The van der Waals surface area contributed by atoms with Crippen molar-refractivity contribution in [2.24, 2.45) is 0 Å². The largest absolute Gasteiger partial charge is 0.377 e. The molecule has 6 nitrogen and oxygen atoms in total. The van der Waals surface area contributed by atoms with Crippen molar-refractivity contribution >= 4 is 32.7 Å². The lowest BCUT2D eigenvalue weighted by atomic mass is 10.3. The number of benzene rings is 1. The Balaban J connectivity index is 2.65. The fraction of sp³-hybridized carbons (Fsp3) is 0.222. The first-order chi connectivity index (χ1) is 7.61. The highest BCUT2D eigenvalue weighted by Gasteiger charge is 2.17. The minimum absolute atomic E-state index is 0.0250. The summed E-state index contributed by atoms with van der Waals surface area (Å²) in [5.74, 6) is 0.568. The average Bonchev–Trinajstić information content (AvgIpc) is 2.59. The van der Waals surface area contributed by atoms with E-state index >= 15 is 0 Å². The number of aromatic amines is 1. The van der Waals surface area contributed by atoms with E-state index in [-0.39, 0.29) is 5.69 Å². The molecule has 1 aromatic carbocycles. The van der Waals surface area contributed by atoms with Crippen molar-refractivity contribution in [3.8, 4) is 0 Å². The highest BCUT2D eigenvalue weighted by molar-refractivity contribution is 9.10. The van der Waals surface area contributed by atoms with Crippen LogP contribution in [0, 0.1) is 10.1 Å². The van der Waals surface area contributed by atoms with Crippen LogP contribution in [0.2, 0.25) is 0 Å². The number of fused-ring (bicyclic) bond motifs is 1. The highest BCUT2D eigenvalue weighted by atomic mass is 79.9. The van der Waals surface area contributed by atoms with E-state index in [1.165, 1.54) is 13.2 Å². The summed E-state index contributed by atoms with van der Waals surface area (Å²) in [6.07, 6.45) is 0. The third-order valence-electron chi connectivity index (χ3n) is 2.06. The Morgan fingerprint density at radius 1 is 1.62 bits per heavy atom. The van der Waals surface area contributed by atoms with E-state index in [1.54, 1.807) is 6.07 Å². The number of nitro benzene ring substituents is 1. The van der Waals surface area contributed by atoms with Gasteiger partial charge in [0.25, 0.3) is 5.69 Å². The third kappa shape index (κ3) is 1.91. The Bertz CT molecular complexity index is 552. The van der Waals surface area contributed by atoms with Crippen molar-refractivity contribution < 1.29 is 9.66 Å². The molecule has 0 atom stereocenters. The van der Waals surface area contributed by atoms with E-state index in [1.807, 2.05) is 0 Å². The third-order valence-corrected chi connectivity index (χ3v) is 2.52. The molecule has 0 unspecified atom stereocenters. The van der Waals surface area contributed by atoms with E-state index in [0.717, 1.165) is 0 Å². The number of non-ortho nitro benzene ring substituents is 1. The lowest BCUT2D eigenvalue weighted by molar-refractivity contribution is -0.383. The maximum Gasteiger partial charge on any atom is 0.298 e. The van der Waals surface area contributed by atoms with Crippen LogP contribution < -0.4 is 0 Å². The number of methoxy groups -OCH3 is 1. The molecular weight excluding hydrogens is 278 g/mol. The van der Waals surface area contributed by atoms with Gasteiger partial charge in [0, 0.05) is 17.6 Å². The second-order valence-electron chi connectivity index (χ2n) is 3.19. The number of rotatable bonds is 3. The second-order valence-corrected chi connectivity index (χ2v) is 4.11. The highest BCUT2D eigenvalue weighted by Crippen LogP contribution is 2.28. The molecule has 0 radical (unpaired) electrons. The summed E-state index contributed by atoms with van der Waals surface area (Å²) in [5, 5.41) is 10.8. The van der Waals surface area contributed by atoms with Gasteiger partial charge in [-0.3, -0.25) is 10.1 Å². The van der Waals surface area contributed by atoms with Crippen LogP contribution in [-0.4, -0.2) is 22.0 Å². The number of hydrogen-bond donors (Lipinski definition) is 1. The SMILES string of the molecule is COCc1nc2c([N+](=O)[O-])cc(Br)cc2[nH]1. The standard InChI is InChI=1S/C9H8BrN3O3/c1-16-4-8-11-6-2-5(10)3-7(13(14)15)9(6)12-8/h2-3H,4H2,1H3,(H,11,12). The number of imidazole rings is 1. The zero-order chi connectivity index (χ0) is 11.7. The fourth-order valence-corrected chi connectivity index (χ4v) is 1.91. The van der Waals surface area contributed by atoms with Crippen LogP contribution in [0.3, 0.4) is 0 Å². The Kier molecular flexibility index (Phi) is 2.88. The molecule has 0 fully saturated rings. The number of nitro groups is 1. The van der Waals surface area contributed by atoms with Gasteiger partial charge < -0.3 is 9.72 Å². The first-order valence-corrected chi connectivity index (χ1v) is 5.22. The van der Waals surface area contributed by atoms with E-state index in [2.05, 4.69) is 25.9 Å². The summed E-state index contributed by atoms with van der Waals surface area (Å²) in [4.78, 5) is 17.5. The van der Waals surface area contributed by atoms with Crippen molar-refractivity contribution in [3.05, 3.63) is 32.5 Å². The Labute approximate surface area is 98.9 Å². The zero-order valence-corrected chi connectivity index (χ0v) is 9.94. The number of nitrogens with zero attached hydrogens (tertiary/aromatic N) is 2. The van der Waals surface area contributed by atoms with Gasteiger partial charge in [0.1, 0.15) is 12.4 Å². The Morgan fingerprint density at radius 2 is 2.38 bits per heavy atom. The van der Waals surface area contributed by atoms with Crippen LogP contribution in [0.25, 0.3) is 11.0 Å². The summed E-state index contributed by atoms with van der Waals surface area (Å²) >= 11 is 3.22. The van der Waals surface area contributed by atoms with Crippen LogP contribution in [0.5, 0.6) is 0 Å². The number of H-pyrrole nitrogens is 1. The van der Waals surface area contributed by atoms with Gasteiger partial charge in [-0.15, -0.1) is 0 Å². The number of ether oxygens (including phenoxy) is 1. The Morgan fingerprint density at radius 3 is 3.00 bits per heavy atom. The topological polar surface area (TPSA) is 81.1 Å². The van der Waals surface area contributed by atoms with Crippen molar-refractivity contribution in [1.29, 1.82) is 0 Å². The van der Waals surface area contributed by atoms with Crippen LogP contribution >= 0.6 is 15.9 Å². The van der Waals surface area contributed by atoms with Gasteiger partial charge in [-0.05, 0) is 6.07 Å². The van der Waals surface area contributed by atoms with Crippen LogP contribution in [0.1, 0.15) is 5.82 Å². The molecule has 2 rings (SSSR count). The van der Waals surface area contributed by atoms with Gasteiger partial charge in [0.05, 0.1) is 10.4 Å². The van der Waals surface area contributed by atoms with Gasteiger partial charge in [0.15, 0.2) is 5.52 Å². The maximum atomic E-state index is 10.8. The fourth-order valence-electron chi connectivity index (χ4n) is 1.46. The van der Waals surface area contributed by atoms with Crippen molar-refractivity contribution in [1.82, 2.24) is 9.97 Å². The lowest BCUT2D eigenvalue weighted by Crippen LogP contribution is -1.90. The molecule has 0 aliphatic rings. The Hall–Kier alpha value is -1.47. The van der Waals surface area contributed by atoms with E-state index < -0.39 is 4.92 Å². The molecule has 84 valence electrons. The van der Waals surface area contributed by atoms with E-state index in [4.69, 9.17) is 4.74 Å². The number of aromatic nitrogens is 2. The molecule has 0 aliphatic carbocycles. The number of hydrogen-bond acceptors (Lipinski definition) is 4. The van der Waals surface area contributed by atoms with Gasteiger partial charge in [0.2, 0.25) is 0 Å². The molecule has 0 aliphatic heterocycles. The molecule has 0 spiro atoms. The van der Waals surface area contributed by atoms with Gasteiger partial charge >= 0.3 is 0 Å². The van der Waals surface area contributed by atoms with Crippen molar-refractivity contribution in [3.63, 3.8) is 0 Å². The minimum atomic E-state index is -0.454. The smallest absolute Gasteiger partial charge is 0.298 e. The van der Waals surface area contributed by atoms with Crippen LogP contribution in [0.15, 0.2) is 16.6 Å². The molecule has 0 saturated heterocycles. The summed E-state index contributed by atoms with van der Waals surface area (Å²) in [5.41, 5.74) is 0.941. The summed E-state index contributed by atoms with van der Waals surface area (Å²) in [7, 11) is 1.54. The van der Waals surface area contributed by atoms with E-state index in [9.17, 15) is 10.1 Å². The zero-order valence-electron chi connectivity index (χ0n) is 8.36. The van der Waals surface area contributed by atoms with Crippen molar-refractivity contribution in [2.45, 2.75) is 6.61 Å². The lowest BCUT2D eigenvalue weighted by Gasteiger charge is -1.93. The summed E-state index contributed by atoms with van der Waals surface area (Å²) < 4.78 is 5.55. The molecule has 1 N–H and O–H groups in total. The normalized spacial score (nSPS) is 10.9. The molecule has 0 bridgehead atoms. The van der Waals surface area contributed by atoms with Gasteiger partial charge in [-0.25, -0.2) is 4.98 Å². The maximum absolute atomic E-state index is 10.8. The van der Waals surface area contributed by atoms with E-state index in [0.29, 0.717) is 27.9 Å². The first-order valence-electron chi connectivity index (χ1n) is 4.43. The number of nitrogens with one attached hydrogen (secondary N) is 1. The molecular formula is C9H8BrN3O3. The monoisotopic (exact) mass is 285 g/mol. The van der Waals surface area contributed by atoms with Crippen LogP contribution in [0.4, 0.5) is 5.69 Å². The predicted molar refractivity (Wildman–Crippen MR) is 61.2 cm³/mol. The summed E-state index contributed by atoms with van der Waals surface area (Å²) in [6.45, 7) is 0.295. The van der Waals surface area contributed by atoms with Gasteiger partial charge in [-0.2, -0.15) is 0 Å². The number of halogens is 1. The predicted octanol–water partition coefficient (Wildman–Crippen LogP) is 2.38. The average molecular weight is 286 g/mol. The molecule has 0 saturated carbocycles. The molecule has 16 heavy (non-hydrogen) atoms. The molecule has 1 heterocycles. The molecule has 1 aromatic heterocycles.